The minimum Gasteiger partial charge on any atom is -0.494 e. The number of rotatable bonds is 8. The van der Waals surface area contributed by atoms with Crippen molar-refractivity contribution >= 4 is 29.9 Å². The number of ether oxygens (including phenoxy) is 1. The Bertz CT molecular complexity index is 684. The molecule has 6 heteroatoms. The largest absolute Gasteiger partial charge is 0.494 e. The van der Waals surface area contributed by atoms with Crippen LogP contribution >= 0.6 is 24.0 Å². The number of hydrogen-bond donors (Lipinski definition) is 1. The van der Waals surface area contributed by atoms with E-state index in [4.69, 9.17) is 4.74 Å². The minimum atomic E-state index is 0. The molecule has 1 heterocycles. The molecule has 0 aliphatic carbocycles. The first-order chi connectivity index (χ1) is 12.1. The van der Waals surface area contributed by atoms with Gasteiger partial charge in [-0.25, -0.2) is 0 Å². The second-order valence-electron chi connectivity index (χ2n) is 6.19. The van der Waals surface area contributed by atoms with Crippen LogP contribution in [0.2, 0.25) is 0 Å². The maximum Gasteiger partial charge on any atom is 0.193 e. The topological polar surface area (TPSA) is 41.8 Å². The number of guanidine groups is 1. The monoisotopic (exact) mass is 470 g/mol. The lowest BCUT2D eigenvalue weighted by Crippen LogP contribution is -2.39. The van der Waals surface area contributed by atoms with Crippen molar-refractivity contribution < 1.29 is 4.74 Å². The first kappa shape index (κ1) is 22.3. The van der Waals surface area contributed by atoms with Gasteiger partial charge in [-0.05, 0) is 42.7 Å². The lowest BCUT2D eigenvalue weighted by atomic mass is 10.1. The fourth-order valence-electron chi connectivity index (χ4n) is 2.69. The zero-order chi connectivity index (χ0) is 18.1. The number of nitrogens with zero attached hydrogens (tertiary/aromatic N) is 3. The normalized spacial score (nSPS) is 11.0. The molecular weight excluding hydrogens is 439 g/mol. The van der Waals surface area contributed by atoms with Crippen molar-refractivity contribution in [1.82, 2.24) is 14.8 Å². The fourth-order valence-corrected chi connectivity index (χ4v) is 2.69. The van der Waals surface area contributed by atoms with Gasteiger partial charge in [0.25, 0.3) is 0 Å². The van der Waals surface area contributed by atoms with Crippen molar-refractivity contribution in [2.75, 3.05) is 27.2 Å². The van der Waals surface area contributed by atoms with Crippen LogP contribution in [0.1, 0.15) is 24.6 Å². The summed E-state index contributed by atoms with van der Waals surface area (Å²) in [5.41, 5.74) is 2.52. The maximum atomic E-state index is 5.70. The van der Waals surface area contributed by atoms with Crippen LogP contribution in [0.5, 0.6) is 5.75 Å². The smallest absolute Gasteiger partial charge is 0.193 e. The lowest BCUT2D eigenvalue weighted by molar-refractivity contribution is 0.317. The summed E-state index contributed by atoms with van der Waals surface area (Å²) in [6.45, 7) is 4.54. The lowest BCUT2D eigenvalue weighted by Gasteiger charge is -2.22. The molecule has 2 aromatic rings. The molecule has 1 N–H and O–H groups in total. The van der Waals surface area contributed by atoms with E-state index < -0.39 is 0 Å². The second kappa shape index (κ2) is 11.8. The summed E-state index contributed by atoms with van der Waals surface area (Å²) in [6.07, 6.45) is 4.02. The van der Waals surface area contributed by atoms with E-state index in [-0.39, 0.29) is 24.0 Å². The van der Waals surface area contributed by atoms with Gasteiger partial charge in [0, 0.05) is 39.6 Å². The third-order valence-corrected chi connectivity index (χ3v) is 4.09. The minimum absolute atomic E-state index is 0. The van der Waals surface area contributed by atoms with Crippen LogP contribution in [0.15, 0.2) is 47.6 Å². The van der Waals surface area contributed by atoms with Crippen molar-refractivity contribution in [3.63, 3.8) is 0 Å². The van der Waals surface area contributed by atoms with Gasteiger partial charge in [-0.3, -0.25) is 4.99 Å². The quantitative estimate of drug-likeness (QED) is 0.364. The van der Waals surface area contributed by atoms with E-state index in [0.717, 1.165) is 44.2 Å². The Morgan fingerprint density at radius 3 is 2.73 bits per heavy atom. The van der Waals surface area contributed by atoms with Crippen LogP contribution in [0.3, 0.4) is 0 Å². The molecule has 0 aliphatic heterocycles. The summed E-state index contributed by atoms with van der Waals surface area (Å²) in [7, 11) is 5.94. The number of aromatic nitrogens is 1. The molecule has 0 amide bonds. The highest BCUT2D eigenvalue weighted by Crippen LogP contribution is 2.14. The Morgan fingerprint density at radius 1 is 1.27 bits per heavy atom. The van der Waals surface area contributed by atoms with Gasteiger partial charge in [0.05, 0.1) is 13.2 Å². The molecule has 0 atom stereocenters. The highest BCUT2D eigenvalue weighted by atomic mass is 127. The Balaban J connectivity index is 0.00000338. The third kappa shape index (κ3) is 6.90. The number of nitrogens with one attached hydrogen (secondary N) is 1. The molecule has 144 valence electrons. The van der Waals surface area contributed by atoms with Gasteiger partial charge in [0.15, 0.2) is 5.96 Å². The molecule has 0 bridgehead atoms. The SMILES string of the molecule is CCCOc1cccc(CCNC(=NC)N(C)Cc2cccn2C)c1.I. The van der Waals surface area contributed by atoms with Crippen molar-refractivity contribution in [3.8, 4) is 5.75 Å². The first-order valence-corrected chi connectivity index (χ1v) is 8.87. The molecule has 0 fully saturated rings. The van der Waals surface area contributed by atoms with E-state index in [0.29, 0.717) is 0 Å². The van der Waals surface area contributed by atoms with Crippen LogP contribution < -0.4 is 10.1 Å². The van der Waals surface area contributed by atoms with E-state index >= 15 is 0 Å². The number of hydrogen-bond acceptors (Lipinski definition) is 2. The number of aliphatic imine (C=N–C) groups is 1. The van der Waals surface area contributed by atoms with Crippen LogP contribution in [-0.4, -0.2) is 42.7 Å². The number of halogens is 1. The molecule has 2 rings (SSSR count). The van der Waals surface area contributed by atoms with Gasteiger partial charge in [0.1, 0.15) is 5.75 Å². The van der Waals surface area contributed by atoms with Gasteiger partial charge in [-0.2, -0.15) is 0 Å². The van der Waals surface area contributed by atoms with Crippen molar-refractivity contribution in [2.45, 2.75) is 26.3 Å². The molecule has 5 nitrogen and oxygen atoms in total. The van der Waals surface area contributed by atoms with Gasteiger partial charge in [-0.15, -0.1) is 24.0 Å². The predicted octanol–water partition coefficient (Wildman–Crippen LogP) is 3.68. The zero-order valence-electron chi connectivity index (χ0n) is 16.2. The van der Waals surface area contributed by atoms with Gasteiger partial charge >= 0.3 is 0 Å². The van der Waals surface area contributed by atoms with Crippen molar-refractivity contribution in [2.24, 2.45) is 12.0 Å². The van der Waals surface area contributed by atoms with E-state index in [1.807, 2.05) is 13.1 Å². The first-order valence-electron chi connectivity index (χ1n) is 8.87. The molecule has 0 saturated heterocycles. The highest BCUT2D eigenvalue weighted by molar-refractivity contribution is 14.0. The highest BCUT2D eigenvalue weighted by Gasteiger charge is 2.08. The van der Waals surface area contributed by atoms with E-state index in [1.54, 1.807) is 0 Å². The molecule has 1 aromatic heterocycles. The summed E-state index contributed by atoms with van der Waals surface area (Å²) in [4.78, 5) is 6.52. The molecule has 0 aliphatic rings. The summed E-state index contributed by atoms with van der Waals surface area (Å²) >= 11 is 0. The standard InChI is InChI=1S/C20H30N4O.HI/c1-5-14-25-19-10-6-8-17(15-19)11-12-22-20(21-2)24(4)16-18-9-7-13-23(18)3;/h6-10,13,15H,5,11-12,14,16H2,1-4H3,(H,21,22);1H. The Kier molecular flexibility index (Phi) is 10.2. The number of benzene rings is 1. The average Bonchev–Trinajstić information content (AvgIpc) is 3.02. The van der Waals surface area contributed by atoms with Crippen LogP contribution in [0, 0.1) is 0 Å². The third-order valence-electron chi connectivity index (χ3n) is 4.09. The molecule has 0 unspecified atom stereocenters. The van der Waals surface area contributed by atoms with E-state index in [1.165, 1.54) is 11.3 Å². The molecule has 26 heavy (non-hydrogen) atoms. The van der Waals surface area contributed by atoms with Crippen molar-refractivity contribution in [3.05, 3.63) is 53.9 Å². The molecular formula is C20H31IN4O. The Labute approximate surface area is 174 Å². The van der Waals surface area contributed by atoms with Gasteiger partial charge in [0.2, 0.25) is 0 Å². The van der Waals surface area contributed by atoms with E-state index in [9.17, 15) is 0 Å². The number of aryl methyl sites for hydroxylation is 1. The predicted molar refractivity (Wildman–Crippen MR) is 120 cm³/mol. The summed E-state index contributed by atoms with van der Waals surface area (Å²) < 4.78 is 7.83. The molecule has 0 radical (unpaired) electrons. The van der Waals surface area contributed by atoms with Crippen LogP contribution in [-0.2, 0) is 20.0 Å². The summed E-state index contributed by atoms with van der Waals surface area (Å²) in [6, 6.07) is 12.5. The van der Waals surface area contributed by atoms with Crippen molar-refractivity contribution in [1.29, 1.82) is 0 Å². The van der Waals surface area contributed by atoms with Crippen LogP contribution in [0.25, 0.3) is 0 Å². The molecule has 0 spiro atoms. The zero-order valence-corrected chi connectivity index (χ0v) is 18.6. The molecule has 0 saturated carbocycles. The second-order valence-corrected chi connectivity index (χ2v) is 6.19. The molecule has 1 aromatic carbocycles. The maximum absolute atomic E-state index is 5.70. The van der Waals surface area contributed by atoms with Crippen LogP contribution in [0.4, 0.5) is 0 Å². The van der Waals surface area contributed by atoms with Gasteiger partial charge < -0.3 is 19.5 Å². The average molecular weight is 470 g/mol. The Hall–Kier alpha value is -1.70. The van der Waals surface area contributed by atoms with E-state index in [2.05, 4.69) is 77.3 Å². The Morgan fingerprint density at radius 2 is 2.08 bits per heavy atom. The van der Waals surface area contributed by atoms with Gasteiger partial charge in [-0.1, -0.05) is 19.1 Å². The summed E-state index contributed by atoms with van der Waals surface area (Å²) in [5, 5.41) is 3.44. The fraction of sp³-hybridized carbons (Fsp3) is 0.450. The summed E-state index contributed by atoms with van der Waals surface area (Å²) in [5.74, 6) is 1.85.